The topological polar surface area (TPSA) is 102 Å². The number of hydrogen-bond donors (Lipinski definition) is 0. The van der Waals surface area contributed by atoms with Gasteiger partial charge >= 0.3 is 17.8 Å². The molecule has 0 saturated carbocycles. The van der Waals surface area contributed by atoms with Gasteiger partial charge in [0.15, 0.2) is 18.2 Å². The number of aromatic nitrogens is 3. The van der Waals surface area contributed by atoms with Gasteiger partial charge in [0.25, 0.3) is 11.4 Å². The highest BCUT2D eigenvalue weighted by atomic mass is 35.5. The summed E-state index contributed by atoms with van der Waals surface area (Å²) in [6, 6.07) is 3.68. The molecule has 0 bridgehead atoms. The van der Waals surface area contributed by atoms with Gasteiger partial charge in [0, 0.05) is 25.4 Å². The van der Waals surface area contributed by atoms with Gasteiger partial charge in [-0.3, -0.25) is 9.36 Å². The van der Waals surface area contributed by atoms with Crippen LogP contribution in [0.5, 0.6) is 17.4 Å². The molecule has 0 saturated heterocycles. The predicted molar refractivity (Wildman–Crippen MR) is 119 cm³/mol. The Balaban J connectivity index is 2.11. The van der Waals surface area contributed by atoms with E-state index >= 15 is 0 Å². The molecule has 0 aliphatic carbocycles. The van der Waals surface area contributed by atoms with Gasteiger partial charge in [-0.05, 0) is 19.1 Å². The van der Waals surface area contributed by atoms with Crippen LogP contribution < -0.4 is 20.7 Å². The van der Waals surface area contributed by atoms with Crippen molar-refractivity contribution in [1.82, 2.24) is 14.1 Å². The van der Waals surface area contributed by atoms with Crippen LogP contribution in [-0.4, -0.2) is 33.3 Å². The standard InChI is InChI=1S/C21H15Cl2F4N3O6/c1-3-34-15(32)9-35-19-11(5-4-6-28-19)36-12-7-10(18(24)17(23)16(12)22)30-14(31)8-13(21(25,26)27)29(2)20(30)33/h4-8H,3,9H2,1-2H3. The van der Waals surface area contributed by atoms with Crippen molar-refractivity contribution in [2.75, 3.05) is 13.2 Å². The first kappa shape index (κ1) is 27.0. The highest BCUT2D eigenvalue weighted by molar-refractivity contribution is 6.43. The predicted octanol–water partition coefficient (Wildman–Crippen LogP) is 4.13. The van der Waals surface area contributed by atoms with E-state index in [1.807, 2.05) is 0 Å². The smallest absolute Gasteiger partial charge is 0.431 e. The largest absolute Gasteiger partial charge is 0.463 e. The molecule has 0 fully saturated rings. The summed E-state index contributed by atoms with van der Waals surface area (Å²) in [6.45, 7) is 1.19. The minimum atomic E-state index is -5.02. The number of alkyl halides is 3. The average molecular weight is 552 g/mol. The van der Waals surface area contributed by atoms with Crippen molar-refractivity contribution in [3.05, 3.63) is 72.9 Å². The van der Waals surface area contributed by atoms with E-state index in [9.17, 15) is 31.9 Å². The maximum Gasteiger partial charge on any atom is 0.431 e. The number of hydrogen-bond acceptors (Lipinski definition) is 7. The molecule has 0 unspecified atom stereocenters. The van der Waals surface area contributed by atoms with Crippen molar-refractivity contribution in [3.8, 4) is 23.1 Å². The van der Waals surface area contributed by atoms with E-state index < -0.39 is 63.0 Å². The maximum absolute atomic E-state index is 15.0. The molecule has 15 heteroatoms. The van der Waals surface area contributed by atoms with E-state index in [0.29, 0.717) is 0 Å². The Hall–Kier alpha value is -3.58. The molecule has 36 heavy (non-hydrogen) atoms. The fourth-order valence-electron chi connectivity index (χ4n) is 2.93. The van der Waals surface area contributed by atoms with Crippen molar-refractivity contribution in [2.24, 2.45) is 7.05 Å². The SMILES string of the molecule is CCOC(=O)COc1ncccc1Oc1cc(-n2c(=O)cc(C(F)(F)F)n(C)c2=O)c(F)c(Cl)c1Cl. The summed E-state index contributed by atoms with van der Waals surface area (Å²) in [4.78, 5) is 40.5. The highest BCUT2D eigenvalue weighted by Gasteiger charge is 2.35. The molecule has 9 nitrogen and oxygen atoms in total. The fourth-order valence-corrected chi connectivity index (χ4v) is 3.30. The molecule has 0 N–H and O–H groups in total. The Bertz CT molecular complexity index is 1440. The van der Waals surface area contributed by atoms with E-state index in [0.717, 1.165) is 13.1 Å². The van der Waals surface area contributed by atoms with Crippen molar-refractivity contribution in [2.45, 2.75) is 13.1 Å². The van der Waals surface area contributed by atoms with Crippen molar-refractivity contribution < 1.29 is 36.6 Å². The third-order valence-corrected chi connectivity index (χ3v) is 5.36. The van der Waals surface area contributed by atoms with Crippen LogP contribution in [0.15, 0.2) is 40.1 Å². The molecule has 0 aliphatic heterocycles. The van der Waals surface area contributed by atoms with Crippen LogP contribution >= 0.6 is 23.2 Å². The van der Waals surface area contributed by atoms with E-state index in [4.69, 9.17) is 37.4 Å². The number of pyridine rings is 1. The Morgan fingerprint density at radius 3 is 2.47 bits per heavy atom. The Labute approximate surface area is 209 Å². The second-order valence-corrected chi connectivity index (χ2v) is 7.64. The van der Waals surface area contributed by atoms with Crippen LogP contribution in [0, 0.1) is 5.82 Å². The lowest BCUT2D eigenvalue weighted by molar-refractivity contribution is -0.145. The number of halogens is 6. The lowest BCUT2D eigenvalue weighted by atomic mass is 10.2. The van der Waals surface area contributed by atoms with Gasteiger partial charge in [-0.1, -0.05) is 23.2 Å². The molecule has 3 aromatic rings. The van der Waals surface area contributed by atoms with E-state index in [2.05, 4.69) is 4.98 Å². The molecular formula is C21H15Cl2F4N3O6. The summed E-state index contributed by atoms with van der Waals surface area (Å²) >= 11 is 12.0. The molecule has 0 radical (unpaired) electrons. The summed E-state index contributed by atoms with van der Waals surface area (Å²) in [7, 11) is 0.761. The zero-order valence-corrected chi connectivity index (χ0v) is 19.9. The maximum atomic E-state index is 15.0. The molecule has 0 amide bonds. The number of nitrogens with zero attached hydrogens (tertiary/aromatic N) is 3. The van der Waals surface area contributed by atoms with Gasteiger partial charge in [0.1, 0.15) is 21.5 Å². The van der Waals surface area contributed by atoms with E-state index in [-0.39, 0.29) is 33.4 Å². The average Bonchev–Trinajstić information content (AvgIpc) is 2.81. The molecule has 2 aromatic heterocycles. The summed E-state index contributed by atoms with van der Waals surface area (Å²) in [6.07, 6.45) is -3.71. The molecule has 1 aromatic carbocycles. The Morgan fingerprint density at radius 2 is 1.83 bits per heavy atom. The number of carbonyl (C=O) groups is 1. The normalized spacial score (nSPS) is 11.3. The Morgan fingerprint density at radius 1 is 1.14 bits per heavy atom. The second-order valence-electron chi connectivity index (χ2n) is 6.88. The molecule has 0 aliphatic rings. The third kappa shape index (κ3) is 5.46. The number of rotatable bonds is 7. The number of carbonyl (C=O) groups excluding carboxylic acids is 1. The molecule has 0 spiro atoms. The van der Waals surface area contributed by atoms with Crippen LogP contribution in [0.2, 0.25) is 10.0 Å². The monoisotopic (exact) mass is 551 g/mol. The minimum Gasteiger partial charge on any atom is -0.463 e. The zero-order chi connectivity index (χ0) is 26.8. The van der Waals surface area contributed by atoms with E-state index in [1.54, 1.807) is 6.92 Å². The highest BCUT2D eigenvalue weighted by Crippen LogP contribution is 2.41. The van der Waals surface area contributed by atoms with Gasteiger partial charge in [0.2, 0.25) is 0 Å². The first-order chi connectivity index (χ1) is 16.9. The van der Waals surface area contributed by atoms with Crippen molar-refractivity contribution in [3.63, 3.8) is 0 Å². The number of esters is 1. The number of ether oxygens (including phenoxy) is 3. The lowest BCUT2D eigenvalue weighted by Gasteiger charge is -2.17. The van der Waals surface area contributed by atoms with Crippen molar-refractivity contribution >= 4 is 29.2 Å². The second kappa shape index (κ2) is 10.6. The van der Waals surface area contributed by atoms with E-state index in [1.165, 1.54) is 18.3 Å². The van der Waals surface area contributed by atoms with Crippen LogP contribution in [0.4, 0.5) is 17.6 Å². The molecular weight excluding hydrogens is 537 g/mol. The van der Waals surface area contributed by atoms with Gasteiger partial charge in [-0.25, -0.2) is 23.5 Å². The summed E-state index contributed by atoms with van der Waals surface area (Å²) in [5.41, 5.74) is -5.34. The van der Waals surface area contributed by atoms with Crippen LogP contribution in [-0.2, 0) is 22.8 Å². The first-order valence-electron chi connectivity index (χ1n) is 9.86. The van der Waals surface area contributed by atoms with Crippen LogP contribution in [0.1, 0.15) is 12.6 Å². The minimum absolute atomic E-state index is 0.114. The molecule has 3 rings (SSSR count). The van der Waals surface area contributed by atoms with Gasteiger partial charge in [-0.2, -0.15) is 13.2 Å². The van der Waals surface area contributed by atoms with Gasteiger partial charge in [0.05, 0.1) is 12.3 Å². The van der Waals surface area contributed by atoms with Gasteiger partial charge < -0.3 is 14.2 Å². The lowest BCUT2D eigenvalue weighted by Crippen LogP contribution is -2.41. The quantitative estimate of drug-likeness (QED) is 0.247. The number of benzene rings is 1. The Kier molecular flexibility index (Phi) is 7.94. The third-order valence-electron chi connectivity index (χ3n) is 4.53. The molecule has 0 atom stereocenters. The van der Waals surface area contributed by atoms with Crippen molar-refractivity contribution in [1.29, 1.82) is 0 Å². The zero-order valence-electron chi connectivity index (χ0n) is 18.4. The molecule has 192 valence electrons. The van der Waals surface area contributed by atoms with Crippen LogP contribution in [0.25, 0.3) is 5.69 Å². The first-order valence-corrected chi connectivity index (χ1v) is 10.6. The fraction of sp³-hybridized carbons (Fsp3) is 0.238. The summed E-state index contributed by atoms with van der Waals surface area (Å²) in [5, 5.41) is -1.27. The van der Waals surface area contributed by atoms with Gasteiger partial charge in [-0.15, -0.1) is 0 Å². The summed E-state index contributed by atoms with van der Waals surface area (Å²) < 4.78 is 70.3. The van der Waals surface area contributed by atoms with Crippen LogP contribution in [0.3, 0.4) is 0 Å². The summed E-state index contributed by atoms with van der Waals surface area (Å²) in [5.74, 6) is -2.80. The molecule has 2 heterocycles.